The van der Waals surface area contributed by atoms with Gasteiger partial charge in [0, 0.05) is 17.0 Å². The topological polar surface area (TPSA) is 72.2 Å². The number of sulfonamides is 1. The quantitative estimate of drug-likeness (QED) is 0.818. The fourth-order valence-electron chi connectivity index (χ4n) is 2.06. The van der Waals surface area contributed by atoms with Crippen LogP contribution in [0.2, 0.25) is 5.02 Å². The van der Waals surface area contributed by atoms with Crippen LogP contribution in [0.15, 0.2) is 23.1 Å². The second-order valence-corrected chi connectivity index (χ2v) is 8.17. The minimum Gasteiger partial charge on any atom is -0.399 e. The molecule has 0 bridgehead atoms. The van der Waals surface area contributed by atoms with Gasteiger partial charge in [0.1, 0.15) is 4.90 Å². The van der Waals surface area contributed by atoms with Gasteiger partial charge in [-0.1, -0.05) is 18.0 Å². The molecule has 0 aromatic heterocycles. The summed E-state index contributed by atoms with van der Waals surface area (Å²) >= 11 is 7.66. The minimum atomic E-state index is -3.58. The van der Waals surface area contributed by atoms with E-state index < -0.39 is 10.0 Å². The van der Waals surface area contributed by atoms with E-state index >= 15 is 0 Å². The number of hydrogen-bond acceptors (Lipinski definition) is 4. The summed E-state index contributed by atoms with van der Waals surface area (Å²) in [4.78, 5) is 0.0824. The molecule has 1 fully saturated rings. The highest BCUT2D eigenvalue weighted by molar-refractivity contribution is 8.00. The number of thioether (sulfide) groups is 1. The van der Waals surface area contributed by atoms with Crippen LogP contribution in [0, 0.1) is 0 Å². The van der Waals surface area contributed by atoms with Crippen LogP contribution in [0.3, 0.4) is 0 Å². The molecule has 19 heavy (non-hydrogen) atoms. The van der Waals surface area contributed by atoms with Crippen LogP contribution >= 0.6 is 23.4 Å². The van der Waals surface area contributed by atoms with Crippen LogP contribution < -0.4 is 10.5 Å². The van der Waals surface area contributed by atoms with Crippen LogP contribution in [0.25, 0.3) is 0 Å². The molecule has 1 aromatic rings. The Morgan fingerprint density at radius 1 is 1.47 bits per heavy atom. The highest BCUT2D eigenvalue weighted by Crippen LogP contribution is 2.42. The predicted molar refractivity (Wildman–Crippen MR) is 81.1 cm³/mol. The zero-order valence-corrected chi connectivity index (χ0v) is 13.0. The van der Waals surface area contributed by atoms with Gasteiger partial charge in [-0.15, -0.1) is 0 Å². The number of hydrogen-bond donors (Lipinski definition) is 2. The zero-order chi connectivity index (χ0) is 14.1. The van der Waals surface area contributed by atoms with Crippen LogP contribution in [0.1, 0.15) is 19.3 Å². The van der Waals surface area contributed by atoms with Crippen LogP contribution in [0.5, 0.6) is 0 Å². The average Bonchev–Trinajstić information content (AvgIpc) is 2.27. The van der Waals surface area contributed by atoms with Crippen LogP contribution in [0.4, 0.5) is 5.69 Å². The van der Waals surface area contributed by atoms with Crippen molar-refractivity contribution in [1.82, 2.24) is 4.72 Å². The summed E-state index contributed by atoms with van der Waals surface area (Å²) in [5.74, 6) is 0. The first kappa shape index (κ1) is 15.0. The van der Waals surface area contributed by atoms with Crippen molar-refractivity contribution in [3.8, 4) is 0 Å². The maximum absolute atomic E-state index is 12.2. The van der Waals surface area contributed by atoms with Crippen molar-refractivity contribution in [2.75, 3.05) is 18.5 Å². The Kier molecular flexibility index (Phi) is 4.35. The molecule has 1 saturated carbocycles. The highest BCUT2D eigenvalue weighted by atomic mass is 35.5. The van der Waals surface area contributed by atoms with E-state index in [-0.39, 0.29) is 14.7 Å². The van der Waals surface area contributed by atoms with Gasteiger partial charge in [-0.05, 0) is 37.3 Å². The molecule has 4 nitrogen and oxygen atoms in total. The third-order valence-corrected chi connectivity index (χ3v) is 6.83. The van der Waals surface area contributed by atoms with Crippen molar-refractivity contribution in [2.45, 2.75) is 28.9 Å². The molecule has 2 rings (SSSR count). The smallest absolute Gasteiger partial charge is 0.242 e. The molecule has 7 heteroatoms. The molecule has 0 spiro atoms. The van der Waals surface area contributed by atoms with Gasteiger partial charge >= 0.3 is 0 Å². The fraction of sp³-hybridized carbons (Fsp3) is 0.500. The van der Waals surface area contributed by atoms with Crippen molar-refractivity contribution in [3.05, 3.63) is 23.2 Å². The number of nitrogen functional groups attached to an aromatic ring is 1. The molecule has 0 saturated heterocycles. The normalized spacial score (nSPS) is 18.0. The SMILES string of the molecule is CSC1(CNS(=O)(=O)c2ccc(N)cc2Cl)CCC1. The van der Waals surface area contributed by atoms with Crippen molar-refractivity contribution in [1.29, 1.82) is 0 Å². The molecule has 0 heterocycles. The maximum Gasteiger partial charge on any atom is 0.242 e. The third-order valence-electron chi connectivity index (χ3n) is 3.53. The van der Waals surface area contributed by atoms with Gasteiger partial charge < -0.3 is 5.73 Å². The number of nitrogens with two attached hydrogens (primary N) is 1. The summed E-state index contributed by atoms with van der Waals surface area (Å²) in [6.45, 7) is 0.442. The van der Waals surface area contributed by atoms with E-state index in [0.29, 0.717) is 12.2 Å². The molecule has 0 unspecified atom stereocenters. The Bertz CT molecular complexity index is 566. The first-order valence-corrected chi connectivity index (χ1v) is 9.07. The molecule has 1 aliphatic carbocycles. The molecule has 0 radical (unpaired) electrons. The number of benzene rings is 1. The Balaban J connectivity index is 2.14. The lowest BCUT2D eigenvalue weighted by molar-refractivity contribution is 0.362. The molecule has 0 aliphatic heterocycles. The average molecular weight is 321 g/mol. The monoisotopic (exact) mass is 320 g/mol. The van der Waals surface area contributed by atoms with E-state index in [9.17, 15) is 8.42 Å². The first-order chi connectivity index (χ1) is 8.88. The third kappa shape index (κ3) is 3.18. The Labute approximate surface area is 123 Å². The Hall–Kier alpha value is -0.430. The second kappa shape index (κ2) is 5.52. The Morgan fingerprint density at radius 2 is 2.16 bits per heavy atom. The van der Waals surface area contributed by atoms with E-state index in [1.54, 1.807) is 11.8 Å². The lowest BCUT2D eigenvalue weighted by Crippen LogP contribution is -2.45. The molecule has 106 valence electrons. The molecule has 3 N–H and O–H groups in total. The fourth-order valence-corrected chi connectivity index (χ4v) is 4.75. The number of nitrogens with one attached hydrogen (secondary N) is 1. The second-order valence-electron chi connectivity index (χ2n) is 4.76. The van der Waals surface area contributed by atoms with E-state index in [1.165, 1.54) is 18.2 Å². The lowest BCUT2D eigenvalue weighted by Gasteiger charge is -2.40. The van der Waals surface area contributed by atoms with Crippen LogP contribution in [-0.2, 0) is 10.0 Å². The molecule has 0 amide bonds. The first-order valence-electron chi connectivity index (χ1n) is 5.98. The van der Waals surface area contributed by atoms with E-state index in [2.05, 4.69) is 4.72 Å². The van der Waals surface area contributed by atoms with E-state index in [1.807, 2.05) is 6.26 Å². The van der Waals surface area contributed by atoms with Gasteiger partial charge in [0.15, 0.2) is 0 Å². The van der Waals surface area contributed by atoms with Gasteiger partial charge in [-0.25, -0.2) is 13.1 Å². The van der Waals surface area contributed by atoms with Crippen molar-refractivity contribution in [3.63, 3.8) is 0 Å². The van der Waals surface area contributed by atoms with Crippen molar-refractivity contribution < 1.29 is 8.42 Å². The lowest BCUT2D eigenvalue weighted by atomic mass is 9.84. The largest absolute Gasteiger partial charge is 0.399 e. The predicted octanol–water partition coefficient (Wildman–Crippen LogP) is 2.49. The standard InChI is InChI=1S/C12H17ClN2O2S2/c1-18-12(5-2-6-12)8-15-19(16,17)11-4-3-9(14)7-10(11)13/h3-4,7,15H,2,5-6,8,14H2,1H3. The zero-order valence-electron chi connectivity index (χ0n) is 10.6. The summed E-state index contributed by atoms with van der Waals surface area (Å²) in [7, 11) is -3.58. The summed E-state index contributed by atoms with van der Waals surface area (Å²) in [6.07, 6.45) is 5.27. The summed E-state index contributed by atoms with van der Waals surface area (Å²) in [5.41, 5.74) is 6.01. The number of rotatable bonds is 5. The van der Waals surface area contributed by atoms with Gasteiger partial charge in [0.25, 0.3) is 0 Å². The van der Waals surface area contributed by atoms with Gasteiger partial charge in [-0.3, -0.25) is 0 Å². The summed E-state index contributed by atoms with van der Waals surface area (Å²) < 4.78 is 27.1. The van der Waals surface area contributed by atoms with Crippen molar-refractivity contribution >= 4 is 39.1 Å². The number of anilines is 1. The maximum atomic E-state index is 12.2. The summed E-state index contributed by atoms with van der Waals surface area (Å²) in [6, 6.07) is 4.42. The van der Waals surface area contributed by atoms with Gasteiger partial charge in [0.05, 0.1) is 5.02 Å². The highest BCUT2D eigenvalue weighted by Gasteiger charge is 2.37. The van der Waals surface area contributed by atoms with Gasteiger partial charge in [-0.2, -0.15) is 11.8 Å². The van der Waals surface area contributed by atoms with Crippen LogP contribution in [-0.4, -0.2) is 26.0 Å². The van der Waals surface area contributed by atoms with Gasteiger partial charge in [0.2, 0.25) is 10.0 Å². The van der Waals surface area contributed by atoms with E-state index in [4.69, 9.17) is 17.3 Å². The molecular weight excluding hydrogens is 304 g/mol. The molecule has 0 atom stereocenters. The molecule has 1 aliphatic rings. The summed E-state index contributed by atoms with van der Waals surface area (Å²) in [5, 5.41) is 0.152. The number of halogens is 1. The Morgan fingerprint density at radius 3 is 2.63 bits per heavy atom. The van der Waals surface area contributed by atoms with E-state index in [0.717, 1.165) is 19.3 Å². The minimum absolute atomic E-state index is 0.0490. The molecular formula is C12H17ClN2O2S2. The van der Waals surface area contributed by atoms with Crippen molar-refractivity contribution in [2.24, 2.45) is 0 Å². The molecule has 1 aromatic carbocycles.